The number of pyridine rings is 2. The molecular formula is C24H28N6O. The summed E-state index contributed by atoms with van der Waals surface area (Å²) >= 11 is 0. The van der Waals surface area contributed by atoms with Crippen molar-refractivity contribution in [1.29, 1.82) is 0 Å². The Bertz CT molecular complexity index is 1100. The second-order valence-corrected chi connectivity index (χ2v) is 8.70. The molecule has 3 aromatic rings. The molecule has 0 radical (unpaired) electrons. The summed E-state index contributed by atoms with van der Waals surface area (Å²) in [5, 5.41) is 8.17. The van der Waals surface area contributed by atoms with Gasteiger partial charge >= 0.3 is 0 Å². The molecule has 0 bridgehead atoms. The van der Waals surface area contributed by atoms with Crippen LogP contribution in [0.5, 0.6) is 0 Å². The van der Waals surface area contributed by atoms with Gasteiger partial charge in [-0.2, -0.15) is 5.10 Å². The van der Waals surface area contributed by atoms with Gasteiger partial charge in [0.05, 0.1) is 17.9 Å². The van der Waals surface area contributed by atoms with Gasteiger partial charge < -0.3 is 10.2 Å². The SMILES string of the molecule is Cc1cccc(CNc2cc(-c3cn(C)nc3C3CCN(C(=O)C4CC4)C3)ccn2)n1. The first-order valence-electron chi connectivity index (χ1n) is 11.0. The molecule has 4 heterocycles. The molecule has 1 saturated carbocycles. The largest absolute Gasteiger partial charge is 0.364 e. The fourth-order valence-electron chi connectivity index (χ4n) is 4.38. The highest BCUT2D eigenvalue weighted by atomic mass is 16.2. The van der Waals surface area contributed by atoms with Gasteiger partial charge in [0.15, 0.2) is 0 Å². The standard InChI is InChI=1S/C24H28N6O/c1-16-4-3-5-20(27-16)13-26-22-12-18(8-10-25-22)21-15-29(2)28-23(21)19-9-11-30(14-19)24(31)17-6-7-17/h3-5,8,10,12,15,17,19H,6-7,9,11,13-14H2,1-2H3,(H,25,26). The Balaban J connectivity index is 1.34. The zero-order chi connectivity index (χ0) is 21.4. The van der Waals surface area contributed by atoms with Crippen LogP contribution < -0.4 is 5.32 Å². The maximum absolute atomic E-state index is 12.5. The van der Waals surface area contributed by atoms with Crippen LogP contribution in [0.4, 0.5) is 5.82 Å². The van der Waals surface area contributed by atoms with Gasteiger partial charge in [0.25, 0.3) is 0 Å². The van der Waals surface area contributed by atoms with Crippen molar-refractivity contribution in [2.24, 2.45) is 13.0 Å². The van der Waals surface area contributed by atoms with Crippen molar-refractivity contribution in [3.63, 3.8) is 0 Å². The number of carbonyl (C=O) groups excluding carboxylic acids is 1. The zero-order valence-corrected chi connectivity index (χ0v) is 18.1. The van der Waals surface area contributed by atoms with Gasteiger partial charge in [0.1, 0.15) is 5.82 Å². The molecule has 0 aromatic carbocycles. The second-order valence-electron chi connectivity index (χ2n) is 8.70. The Morgan fingerprint density at radius 1 is 1.23 bits per heavy atom. The van der Waals surface area contributed by atoms with Crippen molar-refractivity contribution >= 4 is 11.7 Å². The summed E-state index contributed by atoms with van der Waals surface area (Å²) in [6.45, 7) is 4.23. The minimum Gasteiger partial charge on any atom is -0.364 e. The summed E-state index contributed by atoms with van der Waals surface area (Å²) in [5.41, 5.74) is 5.27. The topological polar surface area (TPSA) is 75.9 Å². The average molecular weight is 417 g/mol. The minimum absolute atomic E-state index is 0.277. The number of amides is 1. The number of anilines is 1. The van der Waals surface area contributed by atoms with Crippen molar-refractivity contribution in [3.8, 4) is 11.1 Å². The quantitative estimate of drug-likeness (QED) is 0.665. The van der Waals surface area contributed by atoms with Crippen LogP contribution in [0.15, 0.2) is 42.7 Å². The summed E-state index contributed by atoms with van der Waals surface area (Å²) in [6.07, 6.45) is 6.98. The van der Waals surface area contributed by atoms with Crippen LogP contribution in [0.3, 0.4) is 0 Å². The number of carbonyl (C=O) groups is 1. The third-order valence-electron chi connectivity index (χ3n) is 6.14. The van der Waals surface area contributed by atoms with E-state index < -0.39 is 0 Å². The minimum atomic E-state index is 0.277. The summed E-state index contributed by atoms with van der Waals surface area (Å²) < 4.78 is 1.88. The number of hydrogen-bond donors (Lipinski definition) is 1. The second kappa shape index (κ2) is 8.13. The van der Waals surface area contributed by atoms with Crippen LogP contribution in [-0.2, 0) is 18.4 Å². The third kappa shape index (κ3) is 4.31. The van der Waals surface area contributed by atoms with E-state index in [-0.39, 0.29) is 11.8 Å². The number of rotatable bonds is 6. The molecule has 31 heavy (non-hydrogen) atoms. The van der Waals surface area contributed by atoms with Crippen molar-refractivity contribution < 1.29 is 4.79 Å². The maximum Gasteiger partial charge on any atom is 0.225 e. The Hall–Kier alpha value is -3.22. The predicted molar refractivity (Wildman–Crippen MR) is 119 cm³/mol. The monoisotopic (exact) mass is 416 g/mol. The summed E-state index contributed by atoms with van der Waals surface area (Å²) in [7, 11) is 1.96. The molecule has 160 valence electrons. The normalized spacial score (nSPS) is 18.4. The van der Waals surface area contributed by atoms with Crippen LogP contribution in [0.2, 0.25) is 0 Å². The van der Waals surface area contributed by atoms with Gasteiger partial charge in [-0.25, -0.2) is 4.98 Å². The molecule has 5 rings (SSSR count). The number of aryl methyl sites for hydroxylation is 2. The molecule has 1 N–H and O–H groups in total. The highest BCUT2D eigenvalue weighted by Crippen LogP contribution is 2.37. The molecule has 1 aliphatic heterocycles. The van der Waals surface area contributed by atoms with Gasteiger partial charge in [0.2, 0.25) is 5.91 Å². The Kier molecular flexibility index (Phi) is 5.18. The molecule has 3 aromatic heterocycles. The first-order valence-corrected chi connectivity index (χ1v) is 11.0. The maximum atomic E-state index is 12.5. The van der Waals surface area contributed by atoms with Gasteiger partial charge in [-0.15, -0.1) is 0 Å². The highest BCUT2D eigenvalue weighted by molar-refractivity contribution is 5.81. The molecule has 1 amide bonds. The van der Waals surface area contributed by atoms with Crippen LogP contribution in [0.25, 0.3) is 11.1 Å². The number of hydrogen-bond acceptors (Lipinski definition) is 5. The first kappa shape index (κ1) is 19.7. The molecule has 0 spiro atoms. The van der Waals surface area contributed by atoms with E-state index in [1.807, 2.05) is 54.0 Å². The van der Waals surface area contributed by atoms with E-state index in [4.69, 9.17) is 5.10 Å². The molecule has 1 unspecified atom stereocenters. The molecule has 7 nitrogen and oxygen atoms in total. The summed E-state index contributed by atoms with van der Waals surface area (Å²) in [4.78, 5) is 23.5. The highest BCUT2D eigenvalue weighted by Gasteiger charge is 2.38. The third-order valence-corrected chi connectivity index (χ3v) is 6.14. The lowest BCUT2D eigenvalue weighted by Gasteiger charge is -2.16. The summed E-state index contributed by atoms with van der Waals surface area (Å²) in [6, 6.07) is 10.1. The van der Waals surface area contributed by atoms with E-state index in [0.717, 1.165) is 66.4 Å². The Labute approximate surface area is 182 Å². The Morgan fingerprint density at radius 3 is 2.90 bits per heavy atom. The lowest BCUT2D eigenvalue weighted by Crippen LogP contribution is -2.29. The fourth-order valence-corrected chi connectivity index (χ4v) is 4.38. The van der Waals surface area contributed by atoms with E-state index >= 15 is 0 Å². The lowest BCUT2D eigenvalue weighted by atomic mass is 9.97. The molecule has 2 aliphatic rings. The van der Waals surface area contributed by atoms with E-state index in [2.05, 4.69) is 27.5 Å². The molecule has 7 heteroatoms. The van der Waals surface area contributed by atoms with Crippen LogP contribution >= 0.6 is 0 Å². The lowest BCUT2D eigenvalue weighted by molar-refractivity contribution is -0.131. The number of likely N-dealkylation sites (tertiary alicyclic amines) is 1. The van der Waals surface area contributed by atoms with Gasteiger partial charge in [-0.1, -0.05) is 6.07 Å². The number of nitrogens with one attached hydrogen (secondary N) is 1. The van der Waals surface area contributed by atoms with Crippen molar-refractivity contribution in [2.75, 3.05) is 18.4 Å². The fraction of sp³-hybridized carbons (Fsp3) is 0.417. The smallest absolute Gasteiger partial charge is 0.225 e. The van der Waals surface area contributed by atoms with Gasteiger partial charge in [-0.05, 0) is 56.0 Å². The summed E-state index contributed by atoms with van der Waals surface area (Å²) in [5.74, 6) is 1.70. The Morgan fingerprint density at radius 2 is 2.10 bits per heavy atom. The molecule has 1 atom stereocenters. The van der Waals surface area contributed by atoms with E-state index in [9.17, 15) is 4.79 Å². The number of nitrogens with zero attached hydrogens (tertiary/aromatic N) is 5. The molecule has 2 fully saturated rings. The van der Waals surface area contributed by atoms with Crippen molar-refractivity contribution in [3.05, 3.63) is 59.8 Å². The average Bonchev–Trinajstić information content (AvgIpc) is 3.37. The van der Waals surface area contributed by atoms with E-state index in [1.165, 1.54) is 0 Å². The number of aromatic nitrogens is 4. The molecular weight excluding hydrogens is 388 g/mol. The van der Waals surface area contributed by atoms with Crippen LogP contribution in [0.1, 0.15) is 42.3 Å². The zero-order valence-electron chi connectivity index (χ0n) is 18.1. The van der Waals surface area contributed by atoms with Crippen molar-refractivity contribution in [1.82, 2.24) is 24.6 Å². The van der Waals surface area contributed by atoms with Crippen LogP contribution in [-0.4, -0.2) is 43.6 Å². The molecule has 1 saturated heterocycles. The molecule has 1 aliphatic carbocycles. The van der Waals surface area contributed by atoms with Crippen molar-refractivity contribution in [2.45, 2.75) is 38.6 Å². The van der Waals surface area contributed by atoms with E-state index in [1.54, 1.807) is 0 Å². The van der Waals surface area contributed by atoms with E-state index in [0.29, 0.717) is 12.5 Å². The van der Waals surface area contributed by atoms with Gasteiger partial charge in [0, 0.05) is 55.6 Å². The predicted octanol–water partition coefficient (Wildman–Crippen LogP) is 3.52. The van der Waals surface area contributed by atoms with Gasteiger partial charge in [-0.3, -0.25) is 14.5 Å². The van der Waals surface area contributed by atoms with Crippen LogP contribution in [0, 0.1) is 12.8 Å². The first-order chi connectivity index (χ1) is 15.1.